The van der Waals surface area contributed by atoms with Gasteiger partial charge in [0.2, 0.25) is 0 Å². The van der Waals surface area contributed by atoms with Crippen LogP contribution >= 0.6 is 0 Å². The zero-order valence-corrected chi connectivity index (χ0v) is 6.14. The molecule has 1 heterocycles. The third kappa shape index (κ3) is 1.55. The summed E-state index contributed by atoms with van der Waals surface area (Å²) in [6.07, 6.45) is 5.92. The first-order chi connectivity index (χ1) is 4.34. The minimum absolute atomic E-state index is 0.794. The van der Waals surface area contributed by atoms with Gasteiger partial charge in [-0.3, -0.25) is 0 Å². The standard InChI is InChI=1S/C8H15N/c1-3-5-8-6-4-7-9(8)2/h3,8H,1,4-7H2,2H3. The smallest absolute Gasteiger partial charge is 0.0127 e. The number of hydrogen-bond acceptors (Lipinski definition) is 1. The summed E-state index contributed by atoms with van der Waals surface area (Å²) in [5.74, 6) is 0. The fraction of sp³-hybridized carbons (Fsp3) is 0.750. The summed E-state index contributed by atoms with van der Waals surface area (Å²) in [6, 6.07) is 0.794. The molecule has 52 valence electrons. The lowest BCUT2D eigenvalue weighted by Crippen LogP contribution is -2.23. The Hall–Kier alpha value is -0.300. The van der Waals surface area contributed by atoms with E-state index in [1.807, 2.05) is 6.08 Å². The van der Waals surface area contributed by atoms with Crippen LogP contribution < -0.4 is 0 Å². The van der Waals surface area contributed by atoms with Gasteiger partial charge in [0, 0.05) is 6.04 Å². The molecule has 1 aliphatic rings. The van der Waals surface area contributed by atoms with E-state index in [1.54, 1.807) is 0 Å². The van der Waals surface area contributed by atoms with E-state index in [9.17, 15) is 0 Å². The minimum atomic E-state index is 0.794. The molecule has 1 heteroatoms. The van der Waals surface area contributed by atoms with Gasteiger partial charge < -0.3 is 4.90 Å². The average molecular weight is 125 g/mol. The lowest BCUT2D eigenvalue weighted by atomic mass is 10.1. The molecule has 0 aromatic heterocycles. The van der Waals surface area contributed by atoms with Gasteiger partial charge in [-0.05, 0) is 32.9 Å². The highest BCUT2D eigenvalue weighted by atomic mass is 15.1. The van der Waals surface area contributed by atoms with E-state index >= 15 is 0 Å². The zero-order valence-electron chi connectivity index (χ0n) is 6.14. The van der Waals surface area contributed by atoms with Crippen LogP contribution in [0.2, 0.25) is 0 Å². The van der Waals surface area contributed by atoms with E-state index in [-0.39, 0.29) is 0 Å². The second-order valence-electron chi connectivity index (χ2n) is 2.80. The highest BCUT2D eigenvalue weighted by molar-refractivity contribution is 4.83. The lowest BCUT2D eigenvalue weighted by molar-refractivity contribution is 0.313. The topological polar surface area (TPSA) is 3.24 Å². The van der Waals surface area contributed by atoms with Gasteiger partial charge in [-0.2, -0.15) is 0 Å². The average Bonchev–Trinajstić information content (AvgIpc) is 2.18. The maximum absolute atomic E-state index is 3.73. The lowest BCUT2D eigenvalue weighted by Gasteiger charge is -2.16. The second-order valence-corrected chi connectivity index (χ2v) is 2.80. The molecule has 0 saturated carbocycles. The monoisotopic (exact) mass is 125 g/mol. The van der Waals surface area contributed by atoms with Gasteiger partial charge in [0.05, 0.1) is 0 Å². The summed E-state index contributed by atoms with van der Waals surface area (Å²) in [5, 5.41) is 0. The molecule has 0 N–H and O–H groups in total. The first-order valence-corrected chi connectivity index (χ1v) is 3.65. The number of hydrogen-bond donors (Lipinski definition) is 0. The molecule has 0 bridgehead atoms. The molecule has 0 radical (unpaired) electrons. The van der Waals surface area contributed by atoms with E-state index in [0.717, 1.165) is 12.5 Å². The minimum Gasteiger partial charge on any atom is -0.303 e. The van der Waals surface area contributed by atoms with Crippen LogP contribution in [0.5, 0.6) is 0 Å². The molecule has 1 rings (SSSR count). The Morgan fingerprint density at radius 1 is 1.78 bits per heavy atom. The van der Waals surface area contributed by atoms with Gasteiger partial charge >= 0.3 is 0 Å². The van der Waals surface area contributed by atoms with Gasteiger partial charge in [-0.25, -0.2) is 0 Å². The summed E-state index contributed by atoms with van der Waals surface area (Å²) in [7, 11) is 2.20. The summed E-state index contributed by atoms with van der Waals surface area (Å²) in [5.41, 5.74) is 0. The first-order valence-electron chi connectivity index (χ1n) is 3.65. The molecule has 0 aliphatic carbocycles. The molecule has 1 aliphatic heterocycles. The van der Waals surface area contributed by atoms with Crippen LogP contribution in [-0.2, 0) is 0 Å². The van der Waals surface area contributed by atoms with Gasteiger partial charge in [-0.15, -0.1) is 6.58 Å². The summed E-state index contributed by atoms with van der Waals surface area (Å²) in [4.78, 5) is 2.42. The predicted octanol–water partition coefficient (Wildman–Crippen LogP) is 1.66. The summed E-state index contributed by atoms with van der Waals surface area (Å²) in [6.45, 7) is 5.01. The Morgan fingerprint density at radius 2 is 2.56 bits per heavy atom. The molecule has 1 nitrogen and oxygen atoms in total. The van der Waals surface area contributed by atoms with Crippen molar-refractivity contribution in [2.45, 2.75) is 25.3 Å². The predicted molar refractivity (Wildman–Crippen MR) is 40.5 cm³/mol. The molecule has 0 spiro atoms. The van der Waals surface area contributed by atoms with Gasteiger partial charge in [0.25, 0.3) is 0 Å². The molecule has 0 aromatic carbocycles. The fourth-order valence-corrected chi connectivity index (χ4v) is 1.47. The van der Waals surface area contributed by atoms with Crippen LogP contribution in [0.25, 0.3) is 0 Å². The molecule has 1 atom stereocenters. The Bertz CT molecular complexity index is 98.7. The number of likely N-dealkylation sites (tertiary alicyclic amines) is 1. The maximum Gasteiger partial charge on any atom is 0.0127 e. The van der Waals surface area contributed by atoms with Crippen LogP contribution in [0.3, 0.4) is 0 Å². The van der Waals surface area contributed by atoms with Crippen molar-refractivity contribution in [2.75, 3.05) is 13.6 Å². The quantitative estimate of drug-likeness (QED) is 0.507. The summed E-state index contributed by atoms with van der Waals surface area (Å²) < 4.78 is 0. The van der Waals surface area contributed by atoms with Crippen LogP contribution in [0.1, 0.15) is 19.3 Å². The van der Waals surface area contributed by atoms with Crippen molar-refractivity contribution in [2.24, 2.45) is 0 Å². The third-order valence-electron chi connectivity index (χ3n) is 2.11. The Morgan fingerprint density at radius 3 is 3.00 bits per heavy atom. The van der Waals surface area contributed by atoms with Crippen LogP contribution in [0, 0.1) is 0 Å². The van der Waals surface area contributed by atoms with Crippen molar-refractivity contribution < 1.29 is 0 Å². The van der Waals surface area contributed by atoms with E-state index in [4.69, 9.17) is 0 Å². The second kappa shape index (κ2) is 3.02. The molecule has 9 heavy (non-hydrogen) atoms. The third-order valence-corrected chi connectivity index (χ3v) is 2.11. The normalized spacial score (nSPS) is 28.8. The molecule has 0 amide bonds. The van der Waals surface area contributed by atoms with Gasteiger partial charge in [-0.1, -0.05) is 6.08 Å². The van der Waals surface area contributed by atoms with Crippen LogP contribution in [0.4, 0.5) is 0 Å². The largest absolute Gasteiger partial charge is 0.303 e. The van der Waals surface area contributed by atoms with Crippen molar-refractivity contribution in [3.63, 3.8) is 0 Å². The Kier molecular flexibility index (Phi) is 2.29. The van der Waals surface area contributed by atoms with Gasteiger partial charge in [0.1, 0.15) is 0 Å². The van der Waals surface area contributed by atoms with E-state index < -0.39 is 0 Å². The molecular formula is C8H15N. The van der Waals surface area contributed by atoms with E-state index in [2.05, 4.69) is 18.5 Å². The molecular weight excluding hydrogens is 110 g/mol. The Balaban J connectivity index is 2.30. The summed E-state index contributed by atoms with van der Waals surface area (Å²) >= 11 is 0. The van der Waals surface area contributed by atoms with Crippen molar-refractivity contribution >= 4 is 0 Å². The number of nitrogens with zero attached hydrogens (tertiary/aromatic N) is 1. The molecule has 1 saturated heterocycles. The number of rotatable bonds is 2. The molecule has 1 fully saturated rings. The van der Waals surface area contributed by atoms with Crippen LogP contribution in [0.15, 0.2) is 12.7 Å². The van der Waals surface area contributed by atoms with E-state index in [1.165, 1.54) is 19.4 Å². The van der Waals surface area contributed by atoms with Crippen molar-refractivity contribution in [3.8, 4) is 0 Å². The zero-order chi connectivity index (χ0) is 6.69. The SMILES string of the molecule is C=CCC1CCCN1C. The first kappa shape index (κ1) is 6.81. The maximum atomic E-state index is 3.73. The van der Waals surface area contributed by atoms with Gasteiger partial charge in [0.15, 0.2) is 0 Å². The van der Waals surface area contributed by atoms with Crippen molar-refractivity contribution in [1.29, 1.82) is 0 Å². The van der Waals surface area contributed by atoms with Crippen molar-refractivity contribution in [1.82, 2.24) is 4.90 Å². The highest BCUT2D eigenvalue weighted by Crippen LogP contribution is 2.17. The molecule has 0 aromatic rings. The Labute approximate surface area is 57.4 Å². The fourth-order valence-electron chi connectivity index (χ4n) is 1.47. The highest BCUT2D eigenvalue weighted by Gasteiger charge is 2.18. The van der Waals surface area contributed by atoms with E-state index in [0.29, 0.717) is 0 Å². The van der Waals surface area contributed by atoms with Crippen LogP contribution in [-0.4, -0.2) is 24.5 Å². The molecule has 1 unspecified atom stereocenters. The van der Waals surface area contributed by atoms with Crippen molar-refractivity contribution in [3.05, 3.63) is 12.7 Å².